The number of nitrogens with zero attached hydrogens (tertiary/aromatic N) is 4. The van der Waals surface area contributed by atoms with Gasteiger partial charge in [0.05, 0.1) is 29.1 Å². The minimum atomic E-state index is -0.750. The van der Waals surface area contributed by atoms with E-state index in [0.29, 0.717) is 55.7 Å². The summed E-state index contributed by atoms with van der Waals surface area (Å²) in [6.45, 7) is 1.88. The van der Waals surface area contributed by atoms with Crippen molar-refractivity contribution in [2.75, 3.05) is 0 Å². The van der Waals surface area contributed by atoms with Crippen LogP contribution in [-0.2, 0) is 29.5 Å². The molecule has 0 bridgehead atoms. The molecule has 0 amide bonds. The number of ether oxygens (including phenoxy) is 1. The van der Waals surface area contributed by atoms with E-state index in [1.165, 1.54) is 0 Å². The van der Waals surface area contributed by atoms with Crippen LogP contribution in [0.25, 0.3) is 11.4 Å². The Morgan fingerprint density at radius 2 is 1.94 bits per heavy atom. The third-order valence-corrected chi connectivity index (χ3v) is 6.61. The zero-order chi connectivity index (χ0) is 24.8. The Balaban J connectivity index is 1.38. The molecular formula is C27H32N4O4. The first kappa shape index (κ1) is 24.6. The maximum Gasteiger partial charge on any atom is 0.306 e. The fourth-order valence-electron chi connectivity index (χ4n) is 4.68. The molecular weight excluding hydrogens is 444 g/mol. The van der Waals surface area contributed by atoms with E-state index in [1.54, 1.807) is 4.68 Å². The summed E-state index contributed by atoms with van der Waals surface area (Å²) in [4.78, 5) is 28.4. The zero-order valence-corrected chi connectivity index (χ0v) is 20.3. The molecule has 2 atom stereocenters. The van der Waals surface area contributed by atoms with Crippen LogP contribution in [0.2, 0.25) is 0 Å². The molecule has 0 saturated heterocycles. The standard InChI is InChI=1S/C27H32N4O4/c1-18-25(35-22-12-6-10-20(17-22)27(33)34)15-14-23(28-18)26-24(31(2)30-29-26)13-7-11-21(32)16-19-8-4-3-5-9-19/h3-5,8-9,14-15,20,22H,6-7,10-13,16-17H2,1-2H3,(H,33,34)/t20-,22-/m0/s1. The summed E-state index contributed by atoms with van der Waals surface area (Å²) in [7, 11) is 1.85. The van der Waals surface area contributed by atoms with Gasteiger partial charge in [0.25, 0.3) is 0 Å². The van der Waals surface area contributed by atoms with Crippen LogP contribution in [0.15, 0.2) is 42.5 Å². The molecule has 35 heavy (non-hydrogen) atoms. The van der Waals surface area contributed by atoms with Crippen LogP contribution < -0.4 is 4.74 Å². The molecule has 0 aliphatic heterocycles. The second kappa shape index (κ2) is 11.3. The van der Waals surface area contributed by atoms with E-state index in [2.05, 4.69) is 10.3 Å². The molecule has 2 heterocycles. The Bertz CT molecular complexity index is 1180. The number of aromatic nitrogens is 4. The van der Waals surface area contributed by atoms with Crippen LogP contribution in [0.1, 0.15) is 55.5 Å². The van der Waals surface area contributed by atoms with Gasteiger partial charge in [0.2, 0.25) is 0 Å². The van der Waals surface area contributed by atoms with Crippen LogP contribution in [0, 0.1) is 12.8 Å². The highest BCUT2D eigenvalue weighted by Crippen LogP contribution is 2.30. The van der Waals surface area contributed by atoms with Crippen LogP contribution in [0.3, 0.4) is 0 Å². The first-order valence-corrected chi connectivity index (χ1v) is 12.2. The summed E-state index contributed by atoms with van der Waals surface area (Å²) in [5.41, 5.74) is 4.13. The van der Waals surface area contributed by atoms with Crippen LogP contribution in [0.4, 0.5) is 0 Å². The van der Waals surface area contributed by atoms with Gasteiger partial charge in [-0.15, -0.1) is 5.10 Å². The van der Waals surface area contributed by atoms with E-state index in [1.807, 2.05) is 56.4 Å². The van der Waals surface area contributed by atoms with Gasteiger partial charge in [-0.3, -0.25) is 14.3 Å². The predicted molar refractivity (Wildman–Crippen MR) is 131 cm³/mol. The van der Waals surface area contributed by atoms with Crippen molar-refractivity contribution in [1.29, 1.82) is 0 Å². The molecule has 1 saturated carbocycles. The highest BCUT2D eigenvalue weighted by molar-refractivity contribution is 5.80. The molecule has 8 nitrogen and oxygen atoms in total. The van der Waals surface area contributed by atoms with E-state index in [-0.39, 0.29) is 17.8 Å². The number of carbonyl (C=O) groups excluding carboxylic acids is 1. The SMILES string of the molecule is Cc1nc(-c2nnn(C)c2CCCC(=O)Cc2ccccc2)ccc1O[C@H]1CCC[C@H](C(=O)O)C1. The number of carbonyl (C=O) groups is 2. The molecule has 4 rings (SSSR count). The second-order valence-electron chi connectivity index (χ2n) is 9.28. The van der Waals surface area contributed by atoms with Gasteiger partial charge in [0.15, 0.2) is 0 Å². The fraction of sp³-hybridized carbons (Fsp3) is 0.444. The molecule has 0 radical (unpaired) electrons. The van der Waals surface area contributed by atoms with Crippen LogP contribution in [-0.4, -0.2) is 42.9 Å². The normalized spacial score (nSPS) is 17.8. The maximum atomic E-state index is 12.4. The van der Waals surface area contributed by atoms with Gasteiger partial charge in [-0.2, -0.15) is 0 Å². The summed E-state index contributed by atoms with van der Waals surface area (Å²) in [6, 6.07) is 13.5. The lowest BCUT2D eigenvalue weighted by atomic mass is 9.87. The number of aliphatic carboxylic acids is 1. The van der Waals surface area contributed by atoms with Crippen LogP contribution in [0.5, 0.6) is 5.75 Å². The molecule has 1 N–H and O–H groups in total. The van der Waals surface area contributed by atoms with Crippen molar-refractivity contribution >= 4 is 11.8 Å². The molecule has 0 unspecified atom stereocenters. The summed E-state index contributed by atoms with van der Waals surface area (Å²) < 4.78 is 7.87. The average molecular weight is 477 g/mol. The third-order valence-electron chi connectivity index (χ3n) is 6.61. The molecule has 3 aromatic rings. The van der Waals surface area contributed by atoms with Gasteiger partial charge in [-0.05, 0) is 63.1 Å². The Labute approximate surface area is 205 Å². The van der Waals surface area contributed by atoms with Crippen molar-refractivity contribution < 1.29 is 19.4 Å². The van der Waals surface area contributed by atoms with Gasteiger partial charge in [-0.1, -0.05) is 35.5 Å². The molecule has 1 fully saturated rings. The molecule has 0 spiro atoms. The number of hydrogen-bond donors (Lipinski definition) is 1. The van der Waals surface area contributed by atoms with E-state index in [4.69, 9.17) is 9.72 Å². The molecule has 184 valence electrons. The minimum Gasteiger partial charge on any atom is -0.489 e. The van der Waals surface area contributed by atoms with Crippen molar-refractivity contribution in [2.45, 2.75) is 64.4 Å². The number of aryl methyl sites for hydroxylation is 2. The first-order valence-electron chi connectivity index (χ1n) is 12.2. The van der Waals surface area contributed by atoms with Gasteiger partial charge >= 0.3 is 5.97 Å². The summed E-state index contributed by atoms with van der Waals surface area (Å²) >= 11 is 0. The minimum absolute atomic E-state index is 0.114. The Hall–Kier alpha value is -3.55. The number of carboxylic acid groups (broad SMARTS) is 1. The number of ketones is 1. The quantitative estimate of drug-likeness (QED) is 0.464. The molecule has 1 aliphatic rings. The highest BCUT2D eigenvalue weighted by atomic mass is 16.5. The number of Topliss-reactive ketones (excluding diaryl/α,β-unsaturated/α-hetero) is 1. The molecule has 2 aromatic heterocycles. The van der Waals surface area contributed by atoms with Crippen molar-refractivity contribution in [3.63, 3.8) is 0 Å². The largest absolute Gasteiger partial charge is 0.489 e. The van der Waals surface area contributed by atoms with E-state index < -0.39 is 5.97 Å². The zero-order valence-electron chi connectivity index (χ0n) is 20.3. The highest BCUT2D eigenvalue weighted by Gasteiger charge is 2.28. The third kappa shape index (κ3) is 6.32. The Morgan fingerprint density at radius 3 is 2.69 bits per heavy atom. The van der Waals surface area contributed by atoms with Crippen molar-refractivity contribution in [3.8, 4) is 17.1 Å². The number of carboxylic acids is 1. The number of benzene rings is 1. The van der Waals surface area contributed by atoms with Crippen molar-refractivity contribution in [1.82, 2.24) is 20.0 Å². The second-order valence-corrected chi connectivity index (χ2v) is 9.28. The molecule has 1 aromatic carbocycles. The van der Waals surface area contributed by atoms with Crippen molar-refractivity contribution in [3.05, 3.63) is 59.4 Å². The van der Waals surface area contributed by atoms with Crippen LogP contribution >= 0.6 is 0 Å². The Kier molecular flexibility index (Phi) is 7.90. The number of hydrogen-bond acceptors (Lipinski definition) is 6. The molecule has 1 aliphatic carbocycles. The monoisotopic (exact) mass is 476 g/mol. The van der Waals surface area contributed by atoms with Gasteiger partial charge in [0.1, 0.15) is 17.2 Å². The van der Waals surface area contributed by atoms with Gasteiger partial charge < -0.3 is 9.84 Å². The molecule has 8 heteroatoms. The summed E-state index contributed by atoms with van der Waals surface area (Å²) in [6.07, 6.45) is 5.16. The maximum absolute atomic E-state index is 12.4. The fourth-order valence-corrected chi connectivity index (χ4v) is 4.68. The average Bonchev–Trinajstić information content (AvgIpc) is 3.21. The number of rotatable bonds is 10. The lowest BCUT2D eigenvalue weighted by molar-refractivity contribution is -0.143. The summed E-state index contributed by atoms with van der Waals surface area (Å²) in [5.74, 6) is -0.207. The van der Waals surface area contributed by atoms with Gasteiger partial charge in [-0.25, -0.2) is 4.98 Å². The topological polar surface area (TPSA) is 107 Å². The summed E-state index contributed by atoms with van der Waals surface area (Å²) in [5, 5.41) is 17.8. The smallest absolute Gasteiger partial charge is 0.306 e. The van der Waals surface area contributed by atoms with E-state index >= 15 is 0 Å². The lowest BCUT2D eigenvalue weighted by Crippen LogP contribution is -2.29. The lowest BCUT2D eigenvalue weighted by Gasteiger charge is -2.27. The van der Waals surface area contributed by atoms with E-state index in [0.717, 1.165) is 29.8 Å². The van der Waals surface area contributed by atoms with E-state index in [9.17, 15) is 14.7 Å². The first-order chi connectivity index (χ1) is 16.9. The predicted octanol–water partition coefficient (Wildman–Crippen LogP) is 4.34. The Morgan fingerprint density at radius 1 is 1.14 bits per heavy atom. The van der Waals surface area contributed by atoms with Crippen molar-refractivity contribution in [2.24, 2.45) is 13.0 Å². The number of pyridine rings is 1. The van der Waals surface area contributed by atoms with Gasteiger partial charge in [0, 0.05) is 19.9 Å².